The molecule has 0 bridgehead atoms. The van der Waals surface area contributed by atoms with E-state index in [1.54, 1.807) is 0 Å². The predicted molar refractivity (Wildman–Crippen MR) is 52.4 cm³/mol. The maximum absolute atomic E-state index is 2.32. The second kappa shape index (κ2) is 3.22. The molecule has 0 N–H and O–H groups in total. The molecular weight excluding hydrogens is 139 g/mol. The molecular formula is C9H21P. The van der Waals surface area contributed by atoms with Gasteiger partial charge in [0.1, 0.15) is 0 Å². The Labute approximate surface area is 67.6 Å². The SMILES string of the molecule is CC(C)(C)CPC(C)(C)C. The van der Waals surface area contributed by atoms with E-state index in [1.165, 1.54) is 6.16 Å². The minimum atomic E-state index is 0.520. The molecule has 0 aromatic heterocycles. The maximum Gasteiger partial charge on any atom is -0.0207 e. The van der Waals surface area contributed by atoms with E-state index >= 15 is 0 Å². The van der Waals surface area contributed by atoms with Crippen LogP contribution in [0.2, 0.25) is 0 Å². The Hall–Kier alpha value is 0.430. The van der Waals surface area contributed by atoms with Gasteiger partial charge in [0, 0.05) is 0 Å². The lowest BCUT2D eigenvalue weighted by atomic mass is 10.0. The van der Waals surface area contributed by atoms with Crippen molar-refractivity contribution in [2.45, 2.75) is 46.7 Å². The smallest absolute Gasteiger partial charge is 0.0207 e. The van der Waals surface area contributed by atoms with Gasteiger partial charge in [-0.15, -0.1) is 8.58 Å². The van der Waals surface area contributed by atoms with Crippen molar-refractivity contribution >= 4 is 8.58 Å². The van der Waals surface area contributed by atoms with Gasteiger partial charge in [-0.25, -0.2) is 0 Å². The van der Waals surface area contributed by atoms with E-state index in [-0.39, 0.29) is 0 Å². The van der Waals surface area contributed by atoms with E-state index in [2.05, 4.69) is 41.5 Å². The first-order valence-electron chi connectivity index (χ1n) is 3.96. The number of hydrogen-bond donors (Lipinski definition) is 0. The summed E-state index contributed by atoms with van der Waals surface area (Å²) in [7, 11) is 1.09. The molecule has 0 fully saturated rings. The van der Waals surface area contributed by atoms with Crippen LogP contribution in [0.25, 0.3) is 0 Å². The quantitative estimate of drug-likeness (QED) is 0.515. The van der Waals surface area contributed by atoms with E-state index < -0.39 is 0 Å². The molecule has 0 saturated carbocycles. The highest BCUT2D eigenvalue weighted by atomic mass is 31.1. The van der Waals surface area contributed by atoms with Gasteiger partial charge < -0.3 is 0 Å². The maximum atomic E-state index is 2.32. The van der Waals surface area contributed by atoms with Crippen molar-refractivity contribution < 1.29 is 0 Å². The van der Waals surface area contributed by atoms with Gasteiger partial charge in [0.2, 0.25) is 0 Å². The van der Waals surface area contributed by atoms with Gasteiger partial charge in [-0.3, -0.25) is 0 Å². The van der Waals surface area contributed by atoms with E-state index in [1.807, 2.05) is 0 Å². The van der Waals surface area contributed by atoms with Crippen LogP contribution in [0.15, 0.2) is 0 Å². The van der Waals surface area contributed by atoms with Crippen LogP contribution in [0.5, 0.6) is 0 Å². The lowest BCUT2D eigenvalue weighted by Gasteiger charge is -2.25. The summed E-state index contributed by atoms with van der Waals surface area (Å²) in [4.78, 5) is 0. The van der Waals surface area contributed by atoms with Crippen LogP contribution in [0.1, 0.15) is 41.5 Å². The van der Waals surface area contributed by atoms with E-state index in [9.17, 15) is 0 Å². The minimum Gasteiger partial charge on any atom is -0.116 e. The molecule has 0 nitrogen and oxygen atoms in total. The average Bonchev–Trinajstić information content (AvgIpc) is 1.57. The summed E-state index contributed by atoms with van der Waals surface area (Å²) in [5.41, 5.74) is 0.520. The van der Waals surface area contributed by atoms with Crippen molar-refractivity contribution in [3.05, 3.63) is 0 Å². The summed E-state index contributed by atoms with van der Waals surface area (Å²) in [5.74, 6) is 0. The third-order valence-electron chi connectivity index (χ3n) is 1.15. The first-order valence-corrected chi connectivity index (χ1v) is 5.16. The van der Waals surface area contributed by atoms with Crippen molar-refractivity contribution in [1.82, 2.24) is 0 Å². The molecule has 0 heterocycles. The van der Waals surface area contributed by atoms with Gasteiger partial charge in [0.15, 0.2) is 0 Å². The van der Waals surface area contributed by atoms with Crippen molar-refractivity contribution in [2.24, 2.45) is 5.41 Å². The number of rotatable bonds is 1. The van der Waals surface area contributed by atoms with Gasteiger partial charge >= 0.3 is 0 Å². The molecule has 0 amide bonds. The average molecular weight is 160 g/mol. The van der Waals surface area contributed by atoms with Gasteiger partial charge in [-0.1, -0.05) is 41.5 Å². The summed E-state index contributed by atoms with van der Waals surface area (Å²) in [6.07, 6.45) is 1.36. The molecule has 1 unspecified atom stereocenters. The van der Waals surface area contributed by atoms with Crippen LogP contribution in [-0.4, -0.2) is 11.3 Å². The third kappa shape index (κ3) is 8.43. The molecule has 0 aromatic rings. The summed E-state index contributed by atoms with van der Waals surface area (Å²) in [6, 6.07) is 0. The molecule has 0 saturated heterocycles. The Morgan fingerprint density at radius 3 is 1.40 bits per heavy atom. The largest absolute Gasteiger partial charge is 0.116 e. The fourth-order valence-electron chi connectivity index (χ4n) is 0.530. The van der Waals surface area contributed by atoms with Gasteiger partial charge in [0.25, 0.3) is 0 Å². The highest BCUT2D eigenvalue weighted by Crippen LogP contribution is 2.35. The molecule has 62 valence electrons. The number of hydrogen-bond acceptors (Lipinski definition) is 0. The molecule has 0 aliphatic carbocycles. The first kappa shape index (κ1) is 10.4. The highest BCUT2D eigenvalue weighted by Gasteiger charge is 2.16. The predicted octanol–water partition coefficient (Wildman–Crippen LogP) is 3.51. The lowest BCUT2D eigenvalue weighted by Crippen LogP contribution is -2.14. The van der Waals surface area contributed by atoms with Crippen molar-refractivity contribution in [2.75, 3.05) is 6.16 Å². The van der Waals surface area contributed by atoms with Crippen LogP contribution in [0.4, 0.5) is 0 Å². The molecule has 1 heteroatoms. The van der Waals surface area contributed by atoms with Gasteiger partial charge in [-0.2, -0.15) is 0 Å². The zero-order valence-electron chi connectivity index (χ0n) is 8.21. The zero-order valence-corrected chi connectivity index (χ0v) is 9.21. The lowest BCUT2D eigenvalue weighted by molar-refractivity contribution is 0.476. The van der Waals surface area contributed by atoms with Crippen molar-refractivity contribution in [3.8, 4) is 0 Å². The second-order valence-corrected chi connectivity index (χ2v) is 7.37. The molecule has 0 aliphatic rings. The van der Waals surface area contributed by atoms with Crippen LogP contribution >= 0.6 is 8.58 Å². The Bertz CT molecular complexity index is 78.3. The standard InChI is InChI=1S/C9H21P/c1-8(2,3)7-10-9(4,5)6/h10H,7H2,1-6H3. The van der Waals surface area contributed by atoms with E-state index in [0.717, 1.165) is 8.58 Å². The third-order valence-corrected chi connectivity index (χ3v) is 3.45. The second-order valence-electron chi connectivity index (χ2n) is 5.16. The molecule has 0 aliphatic heterocycles. The van der Waals surface area contributed by atoms with Crippen LogP contribution < -0.4 is 0 Å². The molecule has 0 rings (SSSR count). The van der Waals surface area contributed by atoms with Crippen LogP contribution in [0.3, 0.4) is 0 Å². The normalized spacial score (nSPS) is 15.0. The van der Waals surface area contributed by atoms with E-state index in [0.29, 0.717) is 10.6 Å². The fraction of sp³-hybridized carbons (Fsp3) is 1.00. The zero-order chi connectivity index (χ0) is 8.41. The Morgan fingerprint density at radius 2 is 1.30 bits per heavy atom. The monoisotopic (exact) mass is 160 g/mol. The minimum absolute atomic E-state index is 0.520. The summed E-state index contributed by atoms with van der Waals surface area (Å²) in [6.45, 7) is 13.9. The molecule has 0 aromatic carbocycles. The Balaban J connectivity index is 3.56. The molecule has 0 spiro atoms. The Morgan fingerprint density at radius 1 is 0.900 bits per heavy atom. The first-order chi connectivity index (χ1) is 4.21. The van der Waals surface area contributed by atoms with Gasteiger partial charge in [-0.05, 0) is 16.7 Å². The topological polar surface area (TPSA) is 0 Å². The highest BCUT2D eigenvalue weighted by molar-refractivity contribution is 7.39. The molecule has 10 heavy (non-hydrogen) atoms. The van der Waals surface area contributed by atoms with Gasteiger partial charge in [0.05, 0.1) is 0 Å². The summed E-state index contributed by atoms with van der Waals surface area (Å²) >= 11 is 0. The van der Waals surface area contributed by atoms with Crippen LogP contribution in [-0.2, 0) is 0 Å². The fourth-order valence-corrected chi connectivity index (χ4v) is 1.59. The summed E-state index contributed by atoms with van der Waals surface area (Å²) in [5, 5.41) is 0.535. The molecule has 0 radical (unpaired) electrons. The van der Waals surface area contributed by atoms with E-state index in [4.69, 9.17) is 0 Å². The summed E-state index contributed by atoms with van der Waals surface area (Å²) < 4.78 is 0. The van der Waals surface area contributed by atoms with Crippen LogP contribution in [0, 0.1) is 5.41 Å². The van der Waals surface area contributed by atoms with Crippen molar-refractivity contribution in [1.29, 1.82) is 0 Å². The molecule has 1 atom stereocenters. The van der Waals surface area contributed by atoms with Crippen molar-refractivity contribution in [3.63, 3.8) is 0 Å². The Kier molecular flexibility index (Phi) is 3.36.